The van der Waals surface area contributed by atoms with Gasteiger partial charge in [-0.2, -0.15) is 0 Å². The Morgan fingerprint density at radius 1 is 0.400 bits per heavy atom. The quantitative estimate of drug-likeness (QED) is 0.163. The first-order valence-corrected chi connectivity index (χ1v) is 30.1. The van der Waals surface area contributed by atoms with E-state index in [2.05, 4.69) is 271 Å². The Morgan fingerprint density at radius 3 is 1.43 bits per heavy atom. The van der Waals surface area contributed by atoms with Crippen LogP contribution < -0.4 is 26.2 Å². The highest BCUT2D eigenvalue weighted by Gasteiger charge is 2.50. The number of rotatable bonds is 3. The fourth-order valence-corrected chi connectivity index (χ4v) is 15.4. The number of para-hydroxylation sites is 2. The van der Waals surface area contributed by atoms with Gasteiger partial charge in [-0.05, 0) is 173 Å². The van der Waals surface area contributed by atoms with E-state index in [1.54, 1.807) is 0 Å². The van der Waals surface area contributed by atoms with Crippen LogP contribution >= 0.6 is 0 Å². The number of aromatic nitrogens is 1. The summed E-state index contributed by atoms with van der Waals surface area (Å²) in [6.45, 7) is 41.1. The van der Waals surface area contributed by atoms with Gasteiger partial charge in [-0.15, -0.1) is 0 Å². The third kappa shape index (κ3) is 7.24. The van der Waals surface area contributed by atoms with Gasteiger partial charge >= 0.3 is 0 Å². The van der Waals surface area contributed by atoms with E-state index in [0.717, 1.165) is 19.3 Å². The van der Waals surface area contributed by atoms with Crippen molar-refractivity contribution in [2.45, 2.75) is 181 Å². The lowest BCUT2D eigenvalue weighted by Crippen LogP contribution is -2.62. The summed E-state index contributed by atoms with van der Waals surface area (Å²) < 4.78 is 2.64. The van der Waals surface area contributed by atoms with Crippen LogP contribution in [0.15, 0.2) is 140 Å². The molecule has 4 heteroatoms. The lowest BCUT2D eigenvalue weighted by atomic mass is 9.32. The number of benzene rings is 8. The van der Waals surface area contributed by atoms with E-state index in [1.165, 1.54) is 145 Å². The summed E-state index contributed by atoms with van der Waals surface area (Å²) in [4.78, 5) is 5.58. The minimum atomic E-state index is -0.0865. The standard InChI is InChI=1S/C76H82BN3/c1-70(2,3)46-28-26-45(27-29-46)52-40-47(71(4,5)6)30-34-61(52)80-62-35-31-48(72(7,8)9)41-57(62)77-58-43-55-56(76(16,17)39-38-75(55,14)15)44-63(58)78(49-32-33-53-54(42-49)74(12,13)37-36-73(53,10)11)68-64-50-22-18-20-24-59(50)79-60-25-21-19-23-51(60)65(67(64)79)69(80)66(68)77/h18-35,40-44H,36-39H2,1-17H3. The number of nitrogens with zero attached hydrogens (tertiary/aromatic N) is 3. The molecule has 8 aromatic carbocycles. The van der Waals surface area contributed by atoms with Gasteiger partial charge in [-0.25, -0.2) is 0 Å². The molecule has 2 aliphatic carbocycles. The Morgan fingerprint density at radius 2 is 0.863 bits per heavy atom. The van der Waals surface area contributed by atoms with Crippen molar-refractivity contribution in [3.8, 4) is 11.1 Å². The van der Waals surface area contributed by atoms with Crippen LogP contribution in [-0.2, 0) is 37.9 Å². The monoisotopic (exact) mass is 1050 g/mol. The van der Waals surface area contributed by atoms with E-state index in [4.69, 9.17) is 0 Å². The van der Waals surface area contributed by atoms with Gasteiger partial charge in [0, 0.05) is 44.2 Å². The molecule has 0 unspecified atom stereocenters. The van der Waals surface area contributed by atoms with Gasteiger partial charge in [-0.1, -0.05) is 209 Å². The van der Waals surface area contributed by atoms with E-state index in [1.807, 2.05) is 0 Å². The van der Waals surface area contributed by atoms with Crippen molar-refractivity contribution < 1.29 is 0 Å². The molecule has 2 aromatic heterocycles. The fourth-order valence-electron chi connectivity index (χ4n) is 15.4. The van der Waals surface area contributed by atoms with Gasteiger partial charge in [0.15, 0.2) is 0 Å². The highest BCUT2D eigenvalue weighted by Crippen LogP contribution is 2.58. The van der Waals surface area contributed by atoms with Crippen molar-refractivity contribution >= 4 is 95.3 Å². The molecule has 0 spiro atoms. The molecular formula is C76H82BN3. The van der Waals surface area contributed by atoms with Crippen LogP contribution in [0.1, 0.15) is 182 Å². The molecule has 2 aliphatic heterocycles. The first-order valence-electron chi connectivity index (χ1n) is 30.1. The summed E-state index contributed by atoms with van der Waals surface area (Å²) in [5, 5.41) is 5.26. The van der Waals surface area contributed by atoms with E-state index in [0.29, 0.717) is 0 Å². The summed E-state index contributed by atoms with van der Waals surface area (Å²) in [6, 6.07) is 56.4. The second-order valence-corrected chi connectivity index (χ2v) is 30.7. The molecule has 404 valence electrons. The minimum Gasteiger partial charge on any atom is -0.311 e. The highest BCUT2D eigenvalue weighted by molar-refractivity contribution is 7.01. The van der Waals surface area contributed by atoms with Gasteiger partial charge in [0.05, 0.1) is 33.6 Å². The first kappa shape index (κ1) is 51.4. The molecule has 4 aliphatic rings. The Balaban J connectivity index is 1.22. The van der Waals surface area contributed by atoms with Gasteiger partial charge in [0.25, 0.3) is 6.71 Å². The number of anilines is 6. The molecule has 80 heavy (non-hydrogen) atoms. The summed E-state index contributed by atoms with van der Waals surface area (Å²) in [5.74, 6) is 0. The summed E-state index contributed by atoms with van der Waals surface area (Å²) in [6.07, 6.45) is 4.64. The Kier molecular flexibility index (Phi) is 10.6. The van der Waals surface area contributed by atoms with Crippen molar-refractivity contribution in [2.75, 3.05) is 9.80 Å². The average Bonchev–Trinajstić information content (AvgIpc) is 1.52. The van der Waals surface area contributed by atoms with E-state index in [-0.39, 0.29) is 44.6 Å². The third-order valence-electron chi connectivity index (χ3n) is 20.5. The first-order chi connectivity index (χ1) is 37.6. The summed E-state index contributed by atoms with van der Waals surface area (Å²) >= 11 is 0. The summed E-state index contributed by atoms with van der Waals surface area (Å²) in [7, 11) is 0. The number of fused-ring (bicyclic) bond motifs is 14. The molecule has 0 atom stereocenters. The highest BCUT2D eigenvalue weighted by atomic mass is 15.2. The van der Waals surface area contributed by atoms with Crippen LogP contribution in [0.5, 0.6) is 0 Å². The maximum absolute atomic E-state index is 2.81. The molecule has 0 fully saturated rings. The zero-order valence-corrected chi connectivity index (χ0v) is 51.0. The molecule has 0 saturated carbocycles. The average molecular weight is 1050 g/mol. The largest absolute Gasteiger partial charge is 0.311 e. The molecule has 0 N–H and O–H groups in total. The molecule has 4 heterocycles. The smallest absolute Gasteiger partial charge is 0.252 e. The maximum atomic E-state index is 2.81. The molecule has 0 radical (unpaired) electrons. The van der Waals surface area contributed by atoms with Crippen LogP contribution in [0.4, 0.5) is 34.1 Å². The number of hydrogen-bond acceptors (Lipinski definition) is 2. The van der Waals surface area contributed by atoms with E-state index in [9.17, 15) is 0 Å². The Bertz CT molecular complexity index is 4250. The molecule has 3 nitrogen and oxygen atoms in total. The second kappa shape index (κ2) is 16.5. The van der Waals surface area contributed by atoms with Crippen LogP contribution in [0, 0.1) is 0 Å². The van der Waals surface area contributed by atoms with Crippen LogP contribution in [-0.4, -0.2) is 11.1 Å². The van der Waals surface area contributed by atoms with Crippen LogP contribution in [0.2, 0.25) is 0 Å². The fraction of sp³-hybridized carbons (Fsp3) is 0.368. The maximum Gasteiger partial charge on any atom is 0.252 e. The van der Waals surface area contributed by atoms with Crippen LogP contribution in [0.25, 0.3) is 49.2 Å². The van der Waals surface area contributed by atoms with Gasteiger partial charge in [0.1, 0.15) is 0 Å². The van der Waals surface area contributed by atoms with Gasteiger partial charge in [0.2, 0.25) is 0 Å². The molecule has 0 amide bonds. The lowest BCUT2D eigenvalue weighted by Gasteiger charge is -2.48. The summed E-state index contributed by atoms with van der Waals surface area (Å²) in [5.41, 5.74) is 28.1. The Labute approximate surface area is 477 Å². The van der Waals surface area contributed by atoms with Crippen molar-refractivity contribution in [3.63, 3.8) is 0 Å². The molecule has 14 rings (SSSR count). The molecular weight excluding hydrogens is 966 g/mol. The predicted molar refractivity (Wildman–Crippen MR) is 347 cm³/mol. The van der Waals surface area contributed by atoms with E-state index < -0.39 is 0 Å². The van der Waals surface area contributed by atoms with Gasteiger partial charge < -0.3 is 14.2 Å². The van der Waals surface area contributed by atoms with Crippen LogP contribution in [0.3, 0.4) is 0 Å². The number of hydrogen-bond donors (Lipinski definition) is 0. The predicted octanol–water partition coefficient (Wildman–Crippen LogP) is 19.2. The lowest BCUT2D eigenvalue weighted by molar-refractivity contribution is 0.332. The van der Waals surface area contributed by atoms with Gasteiger partial charge in [-0.3, -0.25) is 0 Å². The van der Waals surface area contributed by atoms with E-state index >= 15 is 0 Å². The molecule has 0 bridgehead atoms. The topological polar surface area (TPSA) is 10.9 Å². The van der Waals surface area contributed by atoms with Crippen molar-refractivity contribution in [1.29, 1.82) is 0 Å². The zero-order chi connectivity index (χ0) is 56.3. The molecule has 0 saturated heterocycles. The third-order valence-corrected chi connectivity index (χ3v) is 20.5. The van der Waals surface area contributed by atoms with Crippen molar-refractivity contribution in [3.05, 3.63) is 178 Å². The van der Waals surface area contributed by atoms with Crippen molar-refractivity contribution in [2.24, 2.45) is 0 Å². The van der Waals surface area contributed by atoms with Crippen molar-refractivity contribution in [1.82, 2.24) is 4.40 Å². The second-order valence-electron chi connectivity index (χ2n) is 30.7. The normalized spacial score (nSPS) is 17.9. The SMILES string of the molecule is CC(C)(C)c1ccc(-c2cc(C(C)(C)C)ccc2N2c3ccc(C(C)(C)C)cc3B3c4cc5c(cc4N(c4ccc6c(c4)C(C)(C)CCC6(C)C)c4c3c2c2c3ccccc3n3c6ccccc6c4c23)C(C)(C)CCC5(C)C)cc1. The molecule has 10 aromatic rings. The minimum absolute atomic E-state index is 0.00000121. The Hall–Kier alpha value is -6.78. The zero-order valence-electron chi connectivity index (χ0n) is 51.0.